The van der Waals surface area contributed by atoms with Crippen molar-refractivity contribution in [3.63, 3.8) is 0 Å². The number of rotatable bonds is 22. The summed E-state index contributed by atoms with van der Waals surface area (Å²) < 4.78 is 40.2. The number of ether oxygens (including phenoxy) is 6. The molecular weight excluding hydrogens is 1020 g/mol. The number of likely N-dealkylation sites (tertiary alicyclic amines) is 2. The van der Waals surface area contributed by atoms with Crippen molar-refractivity contribution in [2.75, 3.05) is 93.1 Å². The van der Waals surface area contributed by atoms with Gasteiger partial charge in [0.15, 0.2) is 0 Å². The van der Waals surface area contributed by atoms with Gasteiger partial charge in [-0.2, -0.15) is 0 Å². The number of fused-ring (bicyclic) bond motifs is 2. The van der Waals surface area contributed by atoms with E-state index in [0.717, 1.165) is 100 Å². The molecule has 0 aliphatic carbocycles. The van der Waals surface area contributed by atoms with E-state index in [0.29, 0.717) is 61.3 Å². The molecule has 70 heavy (non-hydrogen) atoms. The lowest BCUT2D eigenvalue weighted by molar-refractivity contribution is 0.0680. The minimum absolute atomic E-state index is 0.149. The molecule has 6 aromatic rings. The first-order valence-electron chi connectivity index (χ1n) is 24.3. The zero-order valence-corrected chi connectivity index (χ0v) is 43.8. The molecular formula is C54H66Br2N4O10. The summed E-state index contributed by atoms with van der Waals surface area (Å²) in [4.78, 5) is 27.8. The van der Waals surface area contributed by atoms with Crippen molar-refractivity contribution in [2.24, 2.45) is 0 Å². The average Bonchev–Trinajstić information content (AvgIpc) is 3.93. The number of hydrogen-bond acceptors (Lipinski definition) is 10. The zero-order chi connectivity index (χ0) is 49.6. The van der Waals surface area contributed by atoms with E-state index in [1.807, 2.05) is 13.8 Å². The number of carboxylic acids is 2. The van der Waals surface area contributed by atoms with Crippen LogP contribution in [0.3, 0.4) is 0 Å². The Kier molecular flexibility index (Phi) is 19.5. The number of aromatic carboxylic acids is 2. The first-order valence-corrected chi connectivity index (χ1v) is 25.8. The minimum atomic E-state index is -1.00. The topological polar surface area (TPSA) is 146 Å². The van der Waals surface area contributed by atoms with Gasteiger partial charge in [0, 0.05) is 89.2 Å². The van der Waals surface area contributed by atoms with Crippen LogP contribution in [0.4, 0.5) is 0 Å². The second kappa shape index (κ2) is 25.8. The molecule has 2 aromatic heterocycles. The maximum atomic E-state index is 11.5. The second-order valence-electron chi connectivity index (χ2n) is 17.5. The number of aromatic nitrogens is 2. The van der Waals surface area contributed by atoms with E-state index in [-0.39, 0.29) is 11.1 Å². The molecule has 2 N–H and O–H groups in total. The molecule has 0 saturated carbocycles. The number of hydrogen-bond donors (Lipinski definition) is 2. The van der Waals surface area contributed by atoms with Gasteiger partial charge >= 0.3 is 11.9 Å². The van der Waals surface area contributed by atoms with Crippen LogP contribution in [0.25, 0.3) is 21.8 Å². The number of nitrogens with zero attached hydrogens (tertiary/aromatic N) is 4. The average molecular weight is 1090 g/mol. The van der Waals surface area contributed by atoms with Gasteiger partial charge in [-0.3, -0.25) is 9.80 Å². The monoisotopic (exact) mass is 1090 g/mol. The van der Waals surface area contributed by atoms with Crippen molar-refractivity contribution in [3.8, 4) is 23.0 Å². The Morgan fingerprint density at radius 2 is 1.10 bits per heavy atom. The minimum Gasteiger partial charge on any atom is -0.497 e. The molecule has 14 nitrogen and oxygen atoms in total. The fraction of sp³-hybridized carbons (Fsp3) is 0.444. The molecule has 2 aliphatic heterocycles. The maximum absolute atomic E-state index is 11.5. The van der Waals surface area contributed by atoms with Crippen molar-refractivity contribution in [2.45, 2.75) is 64.5 Å². The molecule has 16 heteroatoms. The summed E-state index contributed by atoms with van der Waals surface area (Å²) in [7, 11) is 3.11. The number of carboxylic acid groups (broad SMARTS) is 2. The Balaban J connectivity index is 0.000000206. The Hall–Kier alpha value is -5.10. The van der Waals surface area contributed by atoms with Crippen LogP contribution >= 0.6 is 31.9 Å². The summed E-state index contributed by atoms with van der Waals surface area (Å²) in [6.07, 6.45) is 8.95. The molecule has 0 unspecified atom stereocenters. The molecule has 0 atom stereocenters. The van der Waals surface area contributed by atoms with Gasteiger partial charge in [0.05, 0.1) is 33.0 Å². The highest BCUT2D eigenvalue weighted by atomic mass is 79.9. The molecule has 2 fully saturated rings. The van der Waals surface area contributed by atoms with Crippen LogP contribution in [-0.4, -0.2) is 134 Å². The van der Waals surface area contributed by atoms with Crippen molar-refractivity contribution in [1.82, 2.24) is 18.9 Å². The SMILES string of the molecule is CCOCCn1cc(C2CCN(CCOc3cc(OC)ccc3C(=O)O)CC2)c2cc(Br)ccc21.CCOCCn1cc(C2CCN(CCOc3cc(OC)ccc3C(=O)O)CC2)c2cccc(Br)c21. The number of methoxy groups -OCH3 is 2. The fourth-order valence-corrected chi connectivity index (χ4v) is 10.6. The lowest BCUT2D eigenvalue weighted by Gasteiger charge is -2.31. The summed E-state index contributed by atoms with van der Waals surface area (Å²) in [5, 5.41) is 21.5. The second-order valence-corrected chi connectivity index (χ2v) is 19.3. The third-order valence-electron chi connectivity index (χ3n) is 13.3. The van der Waals surface area contributed by atoms with Crippen LogP contribution in [0.15, 0.2) is 94.1 Å². The van der Waals surface area contributed by atoms with E-state index < -0.39 is 11.9 Å². The molecule has 0 radical (unpaired) electrons. The number of halogens is 2. The lowest BCUT2D eigenvalue weighted by Crippen LogP contribution is -2.35. The van der Waals surface area contributed by atoms with Gasteiger partial charge < -0.3 is 47.8 Å². The van der Waals surface area contributed by atoms with Gasteiger partial charge in [0.1, 0.15) is 47.3 Å². The molecule has 0 bridgehead atoms. The van der Waals surface area contributed by atoms with E-state index in [2.05, 4.69) is 99.6 Å². The van der Waals surface area contributed by atoms with Crippen molar-refractivity contribution >= 4 is 65.6 Å². The van der Waals surface area contributed by atoms with Gasteiger partial charge in [0.2, 0.25) is 0 Å². The van der Waals surface area contributed by atoms with Gasteiger partial charge in [0.25, 0.3) is 0 Å². The highest BCUT2D eigenvalue weighted by Crippen LogP contribution is 2.38. The van der Waals surface area contributed by atoms with Crippen LogP contribution in [-0.2, 0) is 22.6 Å². The van der Waals surface area contributed by atoms with Crippen LogP contribution in [0, 0.1) is 0 Å². The van der Waals surface area contributed by atoms with Gasteiger partial charge in [-0.25, -0.2) is 9.59 Å². The number of para-hydroxylation sites is 1. The predicted octanol–water partition coefficient (Wildman–Crippen LogP) is 10.8. The standard InChI is InChI=1S/2C27H33BrN2O5/c1-3-34-14-13-30-18-24(23-16-20(28)4-7-25(23)30)19-8-10-29(11-9-19)12-15-35-26-17-21(33-2)5-6-22(26)27(31)32;1-3-34-15-14-30-18-23(21-5-4-6-24(28)26(21)30)19-9-11-29(12-10-19)13-16-35-25-17-20(33-2)7-8-22(25)27(31)32/h4-7,16-19H,3,8-15H2,1-2H3,(H,31,32);4-8,17-19H,3,9-16H2,1-2H3,(H,31,32). The van der Waals surface area contributed by atoms with Crippen LogP contribution in [0.1, 0.15) is 83.2 Å². The summed E-state index contributed by atoms with van der Waals surface area (Å²) in [5.41, 5.74) is 5.62. The molecule has 0 amide bonds. The van der Waals surface area contributed by atoms with E-state index in [1.54, 1.807) is 38.5 Å². The first-order chi connectivity index (χ1) is 34.0. The highest BCUT2D eigenvalue weighted by Gasteiger charge is 2.26. The quantitative estimate of drug-likeness (QED) is 0.0624. The van der Waals surface area contributed by atoms with Crippen LogP contribution < -0.4 is 18.9 Å². The highest BCUT2D eigenvalue weighted by molar-refractivity contribution is 9.11. The zero-order valence-electron chi connectivity index (χ0n) is 40.7. The maximum Gasteiger partial charge on any atom is 0.339 e. The lowest BCUT2D eigenvalue weighted by atomic mass is 9.89. The van der Waals surface area contributed by atoms with Crippen molar-refractivity contribution in [1.29, 1.82) is 0 Å². The number of carbonyl (C=O) groups is 2. The molecule has 4 heterocycles. The van der Waals surface area contributed by atoms with E-state index in [4.69, 9.17) is 28.4 Å². The predicted molar refractivity (Wildman–Crippen MR) is 280 cm³/mol. The van der Waals surface area contributed by atoms with Crippen molar-refractivity contribution in [3.05, 3.63) is 116 Å². The van der Waals surface area contributed by atoms with E-state index >= 15 is 0 Å². The summed E-state index contributed by atoms with van der Waals surface area (Å²) in [6.45, 7) is 14.9. The Morgan fingerprint density at radius 3 is 1.60 bits per heavy atom. The third-order valence-corrected chi connectivity index (χ3v) is 14.5. The molecule has 0 spiro atoms. The number of piperidine rings is 2. The molecule has 8 rings (SSSR count). The van der Waals surface area contributed by atoms with Gasteiger partial charge in [-0.1, -0.05) is 28.1 Å². The van der Waals surface area contributed by atoms with Crippen molar-refractivity contribution < 1.29 is 48.2 Å². The fourth-order valence-electron chi connectivity index (χ4n) is 9.62. The Labute approximate surface area is 427 Å². The van der Waals surface area contributed by atoms with E-state index in [9.17, 15) is 19.8 Å². The third kappa shape index (κ3) is 13.4. The molecule has 2 aliphatic rings. The number of benzene rings is 4. The first kappa shape index (κ1) is 52.7. The van der Waals surface area contributed by atoms with Crippen LogP contribution in [0.5, 0.6) is 23.0 Å². The molecule has 4 aromatic carbocycles. The van der Waals surface area contributed by atoms with Gasteiger partial charge in [-0.05, 0) is 153 Å². The summed E-state index contributed by atoms with van der Waals surface area (Å²) in [6, 6.07) is 22.5. The Bertz CT molecular complexity index is 2580. The van der Waals surface area contributed by atoms with Crippen LogP contribution in [0.2, 0.25) is 0 Å². The summed E-state index contributed by atoms with van der Waals surface area (Å²) in [5.74, 6) is 0.861. The molecule has 2 saturated heterocycles. The largest absolute Gasteiger partial charge is 0.497 e. The van der Waals surface area contributed by atoms with Gasteiger partial charge in [-0.15, -0.1) is 0 Å². The smallest absolute Gasteiger partial charge is 0.339 e. The van der Waals surface area contributed by atoms with E-state index in [1.165, 1.54) is 45.1 Å². The molecule has 376 valence electrons. The normalized spacial score (nSPS) is 14.9. The Morgan fingerprint density at radius 1 is 0.600 bits per heavy atom. The summed E-state index contributed by atoms with van der Waals surface area (Å²) >= 11 is 7.39.